The van der Waals surface area contributed by atoms with Gasteiger partial charge < -0.3 is 15.5 Å². The van der Waals surface area contributed by atoms with Gasteiger partial charge in [-0.05, 0) is 34.1 Å². The van der Waals surface area contributed by atoms with Gasteiger partial charge in [0.2, 0.25) is 5.91 Å². The number of rotatable bonds is 7. The third-order valence-corrected chi connectivity index (χ3v) is 6.18. The molecule has 166 valence electrons. The molecule has 0 saturated heterocycles. The first-order chi connectivity index (χ1) is 15.2. The number of alkyl halides is 2. The van der Waals surface area contributed by atoms with E-state index in [2.05, 4.69) is 31.3 Å². The first-order valence-electron chi connectivity index (χ1n) is 9.32. The predicted molar refractivity (Wildman–Crippen MR) is 119 cm³/mol. The fraction of sp³-hybridized carbons (Fsp3) is 0.200. The van der Waals surface area contributed by atoms with Gasteiger partial charge in [0.1, 0.15) is 21.2 Å². The molecule has 2 amide bonds. The molecule has 0 aliphatic carbocycles. The highest BCUT2D eigenvalue weighted by molar-refractivity contribution is 9.10. The number of nitrogens with two attached hydrogens (primary N) is 1. The van der Waals surface area contributed by atoms with E-state index in [0.717, 1.165) is 15.8 Å². The Labute approximate surface area is 192 Å². The number of primary amides is 1. The molecule has 32 heavy (non-hydrogen) atoms. The summed E-state index contributed by atoms with van der Waals surface area (Å²) in [6, 6.07) is 4.38. The fourth-order valence-electron chi connectivity index (χ4n) is 3.20. The van der Waals surface area contributed by atoms with Crippen molar-refractivity contribution in [3.8, 4) is 11.3 Å². The highest BCUT2D eigenvalue weighted by Crippen LogP contribution is 2.42. The second kappa shape index (κ2) is 8.79. The molecular formula is C20H16BrF2N5O3S. The van der Waals surface area contributed by atoms with Crippen LogP contribution in [0.3, 0.4) is 0 Å². The molecule has 0 spiro atoms. The molecule has 0 fully saturated rings. The van der Waals surface area contributed by atoms with Gasteiger partial charge >= 0.3 is 0 Å². The normalized spacial score (nSPS) is 12.4. The van der Waals surface area contributed by atoms with Crippen molar-refractivity contribution >= 4 is 55.0 Å². The molecule has 1 unspecified atom stereocenters. The Balaban J connectivity index is 1.79. The van der Waals surface area contributed by atoms with E-state index < -0.39 is 29.9 Å². The smallest absolute Gasteiger partial charge is 0.280 e. The first-order valence-corrected chi connectivity index (χ1v) is 10.9. The maximum absolute atomic E-state index is 13.4. The van der Waals surface area contributed by atoms with Crippen LogP contribution < -0.4 is 11.1 Å². The van der Waals surface area contributed by atoms with Crippen molar-refractivity contribution in [2.24, 2.45) is 11.7 Å². The Morgan fingerprint density at radius 2 is 2.19 bits per heavy atom. The van der Waals surface area contributed by atoms with Gasteiger partial charge in [0, 0.05) is 17.1 Å². The number of carbonyl (C=O) groups is 2. The van der Waals surface area contributed by atoms with Gasteiger partial charge in [0.15, 0.2) is 0 Å². The lowest BCUT2D eigenvalue weighted by Crippen LogP contribution is -2.25. The summed E-state index contributed by atoms with van der Waals surface area (Å²) < 4.78 is 34.7. The van der Waals surface area contributed by atoms with Crippen LogP contribution in [0.4, 0.5) is 14.5 Å². The summed E-state index contributed by atoms with van der Waals surface area (Å²) in [6.07, 6.45) is 1.89. The zero-order chi connectivity index (χ0) is 23.0. The lowest BCUT2D eigenvalue weighted by atomic mass is 10.1. The number of thiophene rings is 1. The van der Waals surface area contributed by atoms with Crippen LogP contribution in [0.2, 0.25) is 0 Å². The van der Waals surface area contributed by atoms with E-state index in [9.17, 15) is 18.4 Å². The number of nitrogens with one attached hydrogen (secondary N) is 1. The van der Waals surface area contributed by atoms with E-state index >= 15 is 0 Å². The van der Waals surface area contributed by atoms with Crippen molar-refractivity contribution in [2.75, 3.05) is 5.32 Å². The van der Waals surface area contributed by atoms with Gasteiger partial charge in [0.05, 0.1) is 35.1 Å². The van der Waals surface area contributed by atoms with Crippen LogP contribution in [0.15, 0.2) is 45.7 Å². The fourth-order valence-corrected chi connectivity index (χ4v) is 4.54. The van der Waals surface area contributed by atoms with Crippen molar-refractivity contribution in [3.05, 3.63) is 51.9 Å². The summed E-state index contributed by atoms with van der Waals surface area (Å²) in [4.78, 5) is 29.2. The molecule has 1 atom stereocenters. The van der Waals surface area contributed by atoms with Crippen LogP contribution in [-0.2, 0) is 11.3 Å². The Morgan fingerprint density at radius 1 is 1.41 bits per heavy atom. The molecule has 0 saturated carbocycles. The largest absolute Gasteiger partial charge is 0.464 e. The quantitative estimate of drug-likeness (QED) is 0.360. The number of carbonyl (C=O) groups excluding carboxylic acids is 2. The summed E-state index contributed by atoms with van der Waals surface area (Å²) in [7, 11) is 0. The van der Waals surface area contributed by atoms with Crippen molar-refractivity contribution in [1.29, 1.82) is 0 Å². The average Bonchev–Trinajstić information content (AvgIpc) is 3.48. The van der Waals surface area contributed by atoms with Crippen LogP contribution in [0.25, 0.3) is 21.5 Å². The maximum atomic E-state index is 13.4. The van der Waals surface area contributed by atoms with E-state index in [1.807, 2.05) is 0 Å². The maximum Gasteiger partial charge on any atom is 0.280 e. The van der Waals surface area contributed by atoms with Gasteiger partial charge in [0.25, 0.3) is 12.3 Å². The van der Waals surface area contributed by atoms with Crippen LogP contribution in [0, 0.1) is 5.92 Å². The van der Waals surface area contributed by atoms with Crippen molar-refractivity contribution in [1.82, 2.24) is 14.8 Å². The Kier molecular flexibility index (Phi) is 6.07. The van der Waals surface area contributed by atoms with Gasteiger partial charge in [-0.1, -0.05) is 6.92 Å². The third-order valence-electron chi connectivity index (χ3n) is 4.67. The number of amides is 2. The van der Waals surface area contributed by atoms with Gasteiger partial charge in [-0.25, -0.2) is 13.8 Å². The van der Waals surface area contributed by atoms with Crippen LogP contribution in [-0.4, -0.2) is 26.6 Å². The molecule has 4 aromatic heterocycles. The molecule has 4 rings (SSSR count). The topological polar surface area (TPSA) is 116 Å². The highest BCUT2D eigenvalue weighted by Gasteiger charge is 2.27. The Morgan fingerprint density at radius 3 is 2.78 bits per heavy atom. The number of fused-ring (bicyclic) bond motifs is 1. The van der Waals surface area contributed by atoms with Crippen LogP contribution in [0.5, 0.6) is 0 Å². The second-order valence-corrected chi connectivity index (χ2v) is 8.91. The number of halogens is 3. The minimum atomic E-state index is -2.83. The van der Waals surface area contributed by atoms with E-state index in [1.54, 1.807) is 36.1 Å². The number of nitrogens with zero attached hydrogens (tertiary/aromatic N) is 3. The second-order valence-electron chi connectivity index (χ2n) is 6.99. The zero-order valence-electron chi connectivity index (χ0n) is 16.5. The predicted octanol–water partition coefficient (Wildman–Crippen LogP) is 4.83. The number of furan rings is 1. The number of aromatic nitrogens is 3. The van der Waals surface area contributed by atoms with E-state index in [4.69, 9.17) is 10.2 Å². The summed E-state index contributed by atoms with van der Waals surface area (Å²) in [5, 5.41) is 7.18. The molecule has 0 radical (unpaired) electrons. The minimum absolute atomic E-state index is 0.00843. The molecule has 8 nitrogen and oxygen atoms in total. The Hall–Kier alpha value is -3.12. The van der Waals surface area contributed by atoms with Gasteiger partial charge in [-0.3, -0.25) is 14.3 Å². The molecule has 4 heterocycles. The number of anilines is 1. The monoisotopic (exact) mass is 523 g/mol. The third kappa shape index (κ3) is 4.28. The summed E-state index contributed by atoms with van der Waals surface area (Å²) in [6.45, 7) is 1.98. The van der Waals surface area contributed by atoms with Crippen molar-refractivity contribution in [3.63, 3.8) is 0 Å². The molecule has 3 N–H and O–H groups in total. The standard InChI is InChI=1S/C20H16BrF2N5O3S/c1-9(7-28-8-10(21)6-25-28)19(30)27-15-14-11(13-3-2-4-31-13)5-12(17(22)23)26-20(14)32-16(15)18(24)29/h2-6,8-9,17H,7H2,1H3,(H2,24,29)(H,27,30). The number of hydrogen-bond donors (Lipinski definition) is 2. The number of hydrogen-bond acceptors (Lipinski definition) is 6. The van der Waals surface area contributed by atoms with E-state index in [0.29, 0.717) is 5.39 Å². The molecule has 4 aromatic rings. The summed E-state index contributed by atoms with van der Waals surface area (Å²) >= 11 is 4.14. The zero-order valence-corrected chi connectivity index (χ0v) is 18.9. The van der Waals surface area contributed by atoms with Gasteiger partial charge in [-0.2, -0.15) is 5.10 Å². The Bertz CT molecular complexity index is 1300. The van der Waals surface area contributed by atoms with Crippen molar-refractivity contribution in [2.45, 2.75) is 19.9 Å². The first kappa shape index (κ1) is 22.1. The molecule has 0 aromatic carbocycles. The molecule has 0 bridgehead atoms. The molecule has 0 aliphatic heterocycles. The lowest BCUT2D eigenvalue weighted by molar-refractivity contribution is -0.119. The van der Waals surface area contributed by atoms with E-state index in [-0.39, 0.29) is 33.3 Å². The summed E-state index contributed by atoms with van der Waals surface area (Å²) in [5.74, 6) is -1.45. The lowest BCUT2D eigenvalue weighted by Gasteiger charge is -2.14. The summed E-state index contributed by atoms with van der Waals surface area (Å²) in [5.41, 5.74) is 5.45. The molecule has 0 aliphatic rings. The van der Waals surface area contributed by atoms with E-state index in [1.165, 1.54) is 12.3 Å². The number of pyridine rings is 1. The van der Waals surface area contributed by atoms with Crippen LogP contribution in [0.1, 0.15) is 28.7 Å². The highest BCUT2D eigenvalue weighted by atomic mass is 79.9. The van der Waals surface area contributed by atoms with Crippen molar-refractivity contribution < 1.29 is 22.8 Å². The average molecular weight is 524 g/mol. The van der Waals surface area contributed by atoms with Crippen LogP contribution >= 0.6 is 27.3 Å². The SMILES string of the molecule is CC(Cn1cc(Br)cn1)C(=O)Nc1c(C(N)=O)sc2nc(C(F)F)cc(-c3ccco3)c12. The molecule has 12 heteroatoms. The molecular weight excluding hydrogens is 508 g/mol. The van der Waals surface area contributed by atoms with Gasteiger partial charge in [-0.15, -0.1) is 11.3 Å². The minimum Gasteiger partial charge on any atom is -0.464 e.